The Morgan fingerprint density at radius 1 is 1.04 bits per heavy atom. The number of ether oxygens (including phenoxy) is 1. The number of hydrogen-bond acceptors (Lipinski definition) is 7. The van der Waals surface area contributed by atoms with E-state index in [9.17, 15) is 14.7 Å². The highest BCUT2D eigenvalue weighted by molar-refractivity contribution is 6.04. The van der Waals surface area contributed by atoms with Crippen molar-refractivity contribution in [2.75, 3.05) is 56.7 Å². The molecule has 0 atom stereocenters. The maximum absolute atomic E-state index is 13.3. The lowest BCUT2D eigenvalue weighted by atomic mass is 9.88. The first kappa shape index (κ1) is 33.1. The van der Waals surface area contributed by atoms with Gasteiger partial charge in [0, 0.05) is 74.1 Å². The van der Waals surface area contributed by atoms with Gasteiger partial charge in [-0.1, -0.05) is 12.1 Å². The van der Waals surface area contributed by atoms with Crippen LogP contribution < -0.4 is 15.5 Å². The number of rotatable bonds is 12. The topological polar surface area (TPSA) is 112 Å². The third-order valence-electron chi connectivity index (χ3n) is 8.43. The van der Waals surface area contributed by atoms with Gasteiger partial charge in [0.25, 0.3) is 5.91 Å². The summed E-state index contributed by atoms with van der Waals surface area (Å²) in [6, 6.07) is 19.4. The van der Waals surface area contributed by atoms with Crippen LogP contribution in [0.2, 0.25) is 0 Å². The van der Waals surface area contributed by atoms with Gasteiger partial charge in [-0.3, -0.25) is 9.36 Å². The largest absolute Gasteiger partial charge is 0.389 e. The number of nitrogens with zero attached hydrogens (tertiary/aromatic N) is 4. The molecule has 0 saturated carbocycles. The molecule has 10 nitrogen and oxygen atoms in total. The number of amides is 2. The van der Waals surface area contributed by atoms with E-state index in [4.69, 9.17) is 4.74 Å². The summed E-state index contributed by atoms with van der Waals surface area (Å²) in [4.78, 5) is 34.5. The van der Waals surface area contributed by atoms with Gasteiger partial charge in [-0.2, -0.15) is 0 Å². The van der Waals surface area contributed by atoms with Crippen LogP contribution in [0.5, 0.6) is 0 Å². The van der Waals surface area contributed by atoms with Crippen LogP contribution in [0.15, 0.2) is 73.1 Å². The van der Waals surface area contributed by atoms with E-state index in [1.807, 2.05) is 63.2 Å². The third-order valence-corrected chi connectivity index (χ3v) is 8.43. The minimum atomic E-state index is -0.686. The molecule has 0 radical (unpaired) electrons. The van der Waals surface area contributed by atoms with Gasteiger partial charge in [0.15, 0.2) is 0 Å². The highest BCUT2D eigenvalue weighted by Crippen LogP contribution is 2.31. The molecule has 3 N–H and O–H groups in total. The van der Waals surface area contributed by atoms with Crippen molar-refractivity contribution in [2.24, 2.45) is 0 Å². The van der Waals surface area contributed by atoms with Gasteiger partial charge >= 0.3 is 6.03 Å². The van der Waals surface area contributed by atoms with Gasteiger partial charge in [-0.05, 0) is 107 Å². The van der Waals surface area contributed by atoms with Gasteiger partial charge in [0.05, 0.1) is 11.1 Å². The van der Waals surface area contributed by atoms with E-state index in [2.05, 4.69) is 43.6 Å². The molecule has 46 heavy (non-hydrogen) atoms. The van der Waals surface area contributed by atoms with Crippen molar-refractivity contribution in [3.8, 4) is 0 Å². The molecule has 2 aromatic carbocycles. The molecule has 0 bridgehead atoms. The fraction of sp³-hybridized carbons (Fsp3) is 0.417. The van der Waals surface area contributed by atoms with Crippen molar-refractivity contribution in [1.82, 2.24) is 19.8 Å². The summed E-state index contributed by atoms with van der Waals surface area (Å²) in [5.74, 6) is 0.701. The quantitative estimate of drug-likeness (QED) is 0.166. The molecule has 1 aliphatic heterocycles. The minimum Gasteiger partial charge on any atom is -0.389 e. The molecule has 1 fully saturated rings. The Morgan fingerprint density at radius 2 is 1.78 bits per heavy atom. The van der Waals surface area contributed by atoms with Gasteiger partial charge in [0.2, 0.25) is 0 Å². The summed E-state index contributed by atoms with van der Waals surface area (Å²) in [6.45, 7) is 10.3. The first-order chi connectivity index (χ1) is 22.1. The zero-order valence-corrected chi connectivity index (χ0v) is 27.3. The number of fused-ring (bicyclic) bond motifs is 1. The van der Waals surface area contributed by atoms with Crippen LogP contribution in [0, 0.1) is 0 Å². The number of nitrogens with one attached hydrogen (secondary N) is 2. The van der Waals surface area contributed by atoms with Crippen molar-refractivity contribution in [2.45, 2.75) is 51.6 Å². The normalized spacial score (nSPS) is 14.4. The lowest BCUT2D eigenvalue weighted by molar-refractivity contribution is 0.0282. The van der Waals surface area contributed by atoms with Gasteiger partial charge in [-0.25, -0.2) is 9.78 Å². The van der Waals surface area contributed by atoms with Gasteiger partial charge in [-0.15, -0.1) is 0 Å². The number of carbonyl (C=O) groups excluding carboxylic acids is 2. The van der Waals surface area contributed by atoms with Crippen LogP contribution in [-0.2, 0) is 4.74 Å². The monoisotopic (exact) mass is 626 g/mol. The van der Waals surface area contributed by atoms with Crippen molar-refractivity contribution in [1.29, 1.82) is 0 Å². The summed E-state index contributed by atoms with van der Waals surface area (Å²) >= 11 is 0. The zero-order chi connectivity index (χ0) is 32.7. The van der Waals surface area contributed by atoms with E-state index >= 15 is 0 Å². The van der Waals surface area contributed by atoms with Crippen LogP contribution in [0.4, 0.5) is 22.0 Å². The molecule has 2 aromatic heterocycles. The summed E-state index contributed by atoms with van der Waals surface area (Å²) in [5, 5.41) is 16.7. The average molecular weight is 627 g/mol. The molecule has 0 spiro atoms. The average Bonchev–Trinajstić information content (AvgIpc) is 3.48. The Labute approximate surface area is 271 Å². The van der Waals surface area contributed by atoms with Crippen molar-refractivity contribution in [3.05, 3.63) is 84.2 Å². The van der Waals surface area contributed by atoms with Gasteiger partial charge < -0.3 is 30.3 Å². The molecule has 1 saturated heterocycles. The standard InChI is InChI=1S/C36H46N6O4/c1-5-46-22-6-18-41(30-11-12-32-29(23-30)16-21-42(32)35(44)37-4)31-13-17-38-33(24-31)39-34(43)28-9-7-26(8-10-28)27-14-19-40(20-15-27)25-36(2,3)45/h7-13,16-17,21,23-24,27,45H,5-6,14-15,18-20,22,25H2,1-4H3,(H,37,44)(H,38,39,43). The summed E-state index contributed by atoms with van der Waals surface area (Å²) in [6.07, 6.45) is 6.34. The van der Waals surface area contributed by atoms with Gasteiger partial charge in [0.1, 0.15) is 5.82 Å². The molecule has 2 amide bonds. The van der Waals surface area contributed by atoms with Crippen LogP contribution in [0.1, 0.15) is 61.9 Å². The van der Waals surface area contributed by atoms with E-state index in [0.29, 0.717) is 43.6 Å². The second-order valence-corrected chi connectivity index (χ2v) is 12.5. The molecular formula is C36H46N6O4. The van der Waals surface area contributed by atoms with Crippen LogP contribution >= 0.6 is 0 Å². The zero-order valence-electron chi connectivity index (χ0n) is 27.3. The molecule has 0 unspecified atom stereocenters. The fourth-order valence-electron chi connectivity index (χ4n) is 6.19. The van der Waals surface area contributed by atoms with E-state index in [-0.39, 0.29) is 11.9 Å². The molecule has 244 valence electrons. The van der Waals surface area contributed by atoms with Crippen molar-refractivity contribution in [3.63, 3.8) is 0 Å². The van der Waals surface area contributed by atoms with Crippen molar-refractivity contribution >= 4 is 40.0 Å². The molecule has 0 aliphatic carbocycles. The maximum atomic E-state index is 13.3. The number of anilines is 3. The molecule has 3 heterocycles. The molecular weight excluding hydrogens is 580 g/mol. The second-order valence-electron chi connectivity index (χ2n) is 12.5. The molecule has 1 aliphatic rings. The van der Waals surface area contributed by atoms with E-state index in [1.165, 1.54) is 5.56 Å². The Morgan fingerprint density at radius 3 is 2.48 bits per heavy atom. The highest BCUT2D eigenvalue weighted by Gasteiger charge is 2.25. The molecule has 5 rings (SSSR count). The van der Waals surface area contributed by atoms with E-state index in [0.717, 1.165) is 54.6 Å². The number of pyridine rings is 1. The molecule has 4 aromatic rings. The SMILES string of the molecule is CCOCCCN(c1ccnc(NC(=O)c2ccc(C3CCN(CC(C)(C)O)CC3)cc2)c1)c1ccc2c(ccn2C(=O)NC)c1. The fourth-order valence-corrected chi connectivity index (χ4v) is 6.19. The van der Waals surface area contributed by atoms with Crippen molar-refractivity contribution < 1.29 is 19.4 Å². The summed E-state index contributed by atoms with van der Waals surface area (Å²) in [7, 11) is 1.61. The smallest absolute Gasteiger partial charge is 0.325 e. The number of aromatic nitrogens is 2. The predicted molar refractivity (Wildman–Crippen MR) is 183 cm³/mol. The van der Waals surface area contributed by atoms with Crippen LogP contribution in [-0.4, -0.2) is 83.5 Å². The Balaban J connectivity index is 1.28. The number of likely N-dealkylation sites (tertiary alicyclic amines) is 1. The number of benzene rings is 2. The molecule has 10 heteroatoms. The summed E-state index contributed by atoms with van der Waals surface area (Å²) in [5.41, 5.74) is 3.80. The lowest BCUT2D eigenvalue weighted by Gasteiger charge is -2.35. The third kappa shape index (κ3) is 8.31. The Bertz CT molecular complexity index is 1620. The number of aliphatic hydroxyl groups is 1. The number of piperidine rings is 1. The first-order valence-corrected chi connectivity index (χ1v) is 16.2. The maximum Gasteiger partial charge on any atom is 0.325 e. The second kappa shape index (κ2) is 14.9. The predicted octanol–water partition coefficient (Wildman–Crippen LogP) is 5.99. The number of carbonyl (C=O) groups is 2. The summed E-state index contributed by atoms with van der Waals surface area (Å²) < 4.78 is 7.20. The van der Waals surface area contributed by atoms with E-state index < -0.39 is 5.60 Å². The Hall–Kier alpha value is -4.25. The lowest BCUT2D eigenvalue weighted by Crippen LogP contribution is -2.42. The van der Waals surface area contributed by atoms with Crippen LogP contribution in [0.3, 0.4) is 0 Å². The van der Waals surface area contributed by atoms with Crippen LogP contribution in [0.25, 0.3) is 10.9 Å². The number of β-amino-alcohol motifs (C(OH)–C–C–N with tert-alkyl or cyclic N) is 1. The Kier molecular flexibility index (Phi) is 10.7. The first-order valence-electron chi connectivity index (χ1n) is 16.2. The van der Waals surface area contributed by atoms with E-state index in [1.54, 1.807) is 24.0 Å². The minimum absolute atomic E-state index is 0.191. The highest BCUT2D eigenvalue weighted by atomic mass is 16.5. The number of hydrogen-bond donors (Lipinski definition) is 3.